The predicted molar refractivity (Wildman–Crippen MR) is 92.4 cm³/mol. The lowest BCUT2D eigenvalue weighted by molar-refractivity contribution is -0.205. The van der Waals surface area contributed by atoms with Crippen molar-refractivity contribution in [1.82, 2.24) is 15.9 Å². The summed E-state index contributed by atoms with van der Waals surface area (Å²) in [6.07, 6.45) is 4.79. The highest BCUT2D eigenvalue weighted by Gasteiger charge is 2.05. The van der Waals surface area contributed by atoms with Gasteiger partial charge in [-0.3, -0.25) is 9.59 Å². The first-order valence-corrected chi connectivity index (χ1v) is 9.05. The van der Waals surface area contributed by atoms with E-state index in [1.165, 1.54) is 5.01 Å². The molecule has 25 heavy (non-hydrogen) atoms. The zero-order valence-electron chi connectivity index (χ0n) is 15.0. The van der Waals surface area contributed by atoms with E-state index in [1.54, 1.807) is 0 Å². The third kappa shape index (κ3) is 13.9. The average Bonchev–Trinajstić information content (AvgIpc) is 2.59. The molecular formula is C15H29ClN3O6-. The fourth-order valence-corrected chi connectivity index (χ4v) is 2.11. The highest BCUT2D eigenvalue weighted by molar-refractivity contribution is 6.17. The third-order valence-corrected chi connectivity index (χ3v) is 3.49. The summed E-state index contributed by atoms with van der Waals surface area (Å²) in [5.41, 5.74) is 2.13. The van der Waals surface area contributed by atoms with Crippen LogP contribution in [0.3, 0.4) is 0 Å². The molecule has 0 radical (unpaired) electrons. The third-order valence-electron chi connectivity index (χ3n) is 3.39. The van der Waals surface area contributed by atoms with Crippen molar-refractivity contribution in [3.05, 3.63) is 5.21 Å². The Morgan fingerprint density at radius 1 is 0.960 bits per heavy atom. The van der Waals surface area contributed by atoms with Crippen LogP contribution in [0.15, 0.2) is 0 Å². The molecule has 0 heterocycles. The van der Waals surface area contributed by atoms with Crippen LogP contribution in [0, 0.1) is 5.21 Å². The highest BCUT2D eigenvalue weighted by atomic mass is 35.5. The standard InChI is InChI=1S/C15H29ClN3O6/c1-3-18(4-2)19(22)17-25-13-24-15(21)11-9-7-5-6-8-10-14(20)23-12-16/h17H,3-13H2,1-2H3/q-1. The molecule has 0 unspecified atom stereocenters. The zero-order valence-corrected chi connectivity index (χ0v) is 15.8. The van der Waals surface area contributed by atoms with Crippen molar-refractivity contribution in [2.45, 2.75) is 58.8 Å². The minimum Gasteiger partial charge on any atom is -0.756 e. The van der Waals surface area contributed by atoms with Crippen molar-refractivity contribution in [3.63, 3.8) is 0 Å². The quantitative estimate of drug-likeness (QED) is 0.142. The molecule has 0 fully saturated rings. The number of carbonyl (C=O) groups is 2. The molecule has 0 aromatic rings. The molecule has 0 aliphatic carbocycles. The topological polar surface area (TPSA) is 103 Å². The number of esters is 2. The molecule has 0 spiro atoms. The number of halogens is 1. The minimum absolute atomic E-state index is 0.109. The Balaban J connectivity index is 3.46. The second-order valence-corrected chi connectivity index (χ2v) is 5.39. The van der Waals surface area contributed by atoms with Gasteiger partial charge in [-0.2, -0.15) is 0 Å². The number of ether oxygens (including phenoxy) is 2. The number of nitrogens with one attached hydrogen (secondary N) is 1. The van der Waals surface area contributed by atoms with Crippen LogP contribution in [0.2, 0.25) is 0 Å². The lowest BCUT2D eigenvalue weighted by Gasteiger charge is -2.37. The van der Waals surface area contributed by atoms with Crippen molar-refractivity contribution < 1.29 is 23.9 Å². The van der Waals surface area contributed by atoms with Crippen molar-refractivity contribution >= 4 is 23.5 Å². The summed E-state index contributed by atoms with van der Waals surface area (Å²) in [5.74, 6) is -0.669. The monoisotopic (exact) mass is 382 g/mol. The van der Waals surface area contributed by atoms with E-state index in [2.05, 4.69) is 10.3 Å². The Morgan fingerprint density at radius 3 is 2.00 bits per heavy atom. The van der Waals surface area contributed by atoms with Gasteiger partial charge in [0, 0.05) is 25.9 Å². The molecule has 148 valence electrons. The van der Waals surface area contributed by atoms with E-state index < -0.39 is 0 Å². The van der Waals surface area contributed by atoms with Crippen LogP contribution < -0.4 is 5.59 Å². The normalized spacial score (nSPS) is 11.1. The van der Waals surface area contributed by atoms with E-state index in [-0.39, 0.29) is 31.2 Å². The van der Waals surface area contributed by atoms with Gasteiger partial charge in [0.15, 0.2) is 6.07 Å². The van der Waals surface area contributed by atoms with Crippen molar-refractivity contribution in [2.24, 2.45) is 0 Å². The molecule has 0 aliphatic heterocycles. The summed E-state index contributed by atoms with van der Waals surface area (Å²) in [7, 11) is 0. The molecule has 0 saturated heterocycles. The van der Waals surface area contributed by atoms with E-state index >= 15 is 0 Å². The second-order valence-electron chi connectivity index (χ2n) is 5.17. The summed E-state index contributed by atoms with van der Waals surface area (Å²) >= 11 is 5.28. The van der Waals surface area contributed by atoms with E-state index in [1.807, 2.05) is 13.8 Å². The summed E-state index contributed by atoms with van der Waals surface area (Å²) in [6.45, 7) is 4.40. The maximum Gasteiger partial charge on any atom is 0.307 e. The Hall–Kier alpha value is -0.970. The van der Waals surface area contributed by atoms with Gasteiger partial charge in [-0.05, 0) is 12.8 Å². The van der Waals surface area contributed by atoms with Gasteiger partial charge in [0.05, 0.1) is 0 Å². The first kappa shape index (κ1) is 24.0. The first-order valence-electron chi connectivity index (χ1n) is 8.51. The molecule has 0 atom stereocenters. The van der Waals surface area contributed by atoms with Crippen LogP contribution in [0.5, 0.6) is 0 Å². The van der Waals surface area contributed by atoms with Gasteiger partial charge in [-0.25, -0.2) is 15.1 Å². The number of hydrogen-bond acceptors (Lipinski definition) is 9. The van der Waals surface area contributed by atoms with E-state index in [0.717, 1.165) is 25.7 Å². The Bertz CT molecular complexity index is 358. The molecule has 0 amide bonds. The molecule has 0 aliphatic rings. The molecule has 9 nitrogen and oxygen atoms in total. The molecule has 0 bridgehead atoms. The van der Waals surface area contributed by atoms with Gasteiger partial charge in [0.25, 0.3) is 0 Å². The van der Waals surface area contributed by atoms with Gasteiger partial charge in [0.1, 0.15) is 0 Å². The van der Waals surface area contributed by atoms with Crippen LogP contribution in [0.4, 0.5) is 0 Å². The van der Waals surface area contributed by atoms with Gasteiger partial charge in [-0.15, -0.1) is 5.59 Å². The van der Waals surface area contributed by atoms with Gasteiger partial charge >= 0.3 is 11.9 Å². The lowest BCUT2D eigenvalue weighted by Crippen LogP contribution is -2.47. The molecule has 0 aromatic carbocycles. The molecular weight excluding hydrogens is 354 g/mol. The Labute approximate surface area is 154 Å². The summed E-state index contributed by atoms with van der Waals surface area (Å²) in [4.78, 5) is 27.3. The smallest absolute Gasteiger partial charge is 0.307 e. The van der Waals surface area contributed by atoms with Gasteiger partial charge in [0.2, 0.25) is 6.79 Å². The number of unbranched alkanes of at least 4 members (excludes halogenated alkanes) is 4. The maximum absolute atomic E-state index is 11.5. The Kier molecular flexibility index (Phi) is 15.9. The van der Waals surface area contributed by atoms with Crippen molar-refractivity contribution in [3.8, 4) is 0 Å². The van der Waals surface area contributed by atoms with E-state index in [9.17, 15) is 14.8 Å². The van der Waals surface area contributed by atoms with Gasteiger partial charge < -0.3 is 14.7 Å². The summed E-state index contributed by atoms with van der Waals surface area (Å²) < 4.78 is 9.46. The number of hydrogen-bond donors (Lipinski definition) is 1. The van der Waals surface area contributed by atoms with Crippen molar-refractivity contribution in [2.75, 3.05) is 25.9 Å². The van der Waals surface area contributed by atoms with Crippen LogP contribution >= 0.6 is 11.6 Å². The number of rotatable bonds is 16. The van der Waals surface area contributed by atoms with Crippen LogP contribution in [-0.4, -0.2) is 48.2 Å². The fraction of sp³-hybridized carbons (Fsp3) is 0.867. The fourth-order valence-electron chi connectivity index (χ4n) is 1.99. The number of nitrogens with zero attached hydrogens (tertiary/aromatic N) is 2. The van der Waals surface area contributed by atoms with E-state index in [0.29, 0.717) is 31.2 Å². The Morgan fingerprint density at radius 2 is 1.48 bits per heavy atom. The number of carbonyl (C=O) groups excluding carboxylic acids is 2. The maximum atomic E-state index is 11.5. The van der Waals surface area contributed by atoms with Crippen LogP contribution in [-0.2, 0) is 23.9 Å². The average molecular weight is 383 g/mol. The molecule has 0 aromatic heterocycles. The summed E-state index contributed by atoms with van der Waals surface area (Å²) in [6, 6.07) is -0.109. The SMILES string of the molecule is CCN(CC)N([O-])NOCOC(=O)CCCCCCCC(=O)OCCl. The number of hydrazine groups is 2. The number of alkyl halides is 1. The molecule has 0 rings (SSSR count). The second kappa shape index (κ2) is 16.5. The van der Waals surface area contributed by atoms with Crippen molar-refractivity contribution in [1.29, 1.82) is 0 Å². The zero-order chi connectivity index (χ0) is 18.9. The summed E-state index contributed by atoms with van der Waals surface area (Å²) in [5, 5.41) is 13.4. The van der Waals surface area contributed by atoms with E-state index in [4.69, 9.17) is 21.2 Å². The van der Waals surface area contributed by atoms with Crippen LogP contribution in [0.1, 0.15) is 58.8 Å². The molecule has 0 saturated carbocycles. The molecule has 10 heteroatoms. The predicted octanol–water partition coefficient (Wildman–Crippen LogP) is 2.45. The largest absolute Gasteiger partial charge is 0.756 e. The lowest BCUT2D eigenvalue weighted by atomic mass is 10.1. The minimum atomic E-state index is -0.382. The first-order chi connectivity index (χ1) is 12.0. The van der Waals surface area contributed by atoms with Gasteiger partial charge in [-0.1, -0.05) is 44.7 Å². The molecule has 1 N–H and O–H groups in total. The highest BCUT2D eigenvalue weighted by Crippen LogP contribution is 2.08. The van der Waals surface area contributed by atoms with Crippen LogP contribution in [0.25, 0.3) is 0 Å².